The quantitative estimate of drug-likeness (QED) is 0.385. The fraction of sp³-hybridized carbons (Fsp3) is 0.600. The molecular weight excluding hydrogens is 408 g/mol. The zero-order valence-corrected chi connectivity index (χ0v) is 23.4. The number of rotatable bonds is 10. The van der Waals surface area contributed by atoms with Crippen molar-refractivity contribution in [1.82, 2.24) is 0 Å². The van der Waals surface area contributed by atoms with Crippen LogP contribution in [0.3, 0.4) is 0 Å². The van der Waals surface area contributed by atoms with Gasteiger partial charge in [0, 0.05) is 5.41 Å². The fourth-order valence-electron chi connectivity index (χ4n) is 2.97. The van der Waals surface area contributed by atoms with Crippen molar-refractivity contribution in [2.24, 2.45) is 5.92 Å². The van der Waals surface area contributed by atoms with Crippen molar-refractivity contribution in [2.45, 2.75) is 101 Å². The van der Waals surface area contributed by atoms with E-state index in [1.54, 1.807) is 0 Å². The molecule has 2 aromatic carbocycles. The van der Waals surface area contributed by atoms with Gasteiger partial charge < -0.3 is 14.6 Å². The summed E-state index contributed by atoms with van der Waals surface area (Å²) in [6, 6.07) is 16.5. The first-order valence-electron chi connectivity index (χ1n) is 13.0. The van der Waals surface area contributed by atoms with Crippen LogP contribution in [-0.2, 0) is 5.41 Å². The highest BCUT2D eigenvalue weighted by molar-refractivity contribution is 5.41. The first kappa shape index (κ1) is 33.2. The lowest BCUT2D eigenvalue weighted by molar-refractivity contribution is 0.0993. The van der Waals surface area contributed by atoms with Crippen LogP contribution in [-0.4, -0.2) is 24.4 Å². The molecule has 0 radical (unpaired) electrons. The van der Waals surface area contributed by atoms with Gasteiger partial charge in [0.15, 0.2) is 0 Å². The van der Waals surface area contributed by atoms with Crippen LogP contribution in [0.25, 0.3) is 0 Å². The summed E-state index contributed by atoms with van der Waals surface area (Å²) in [5.41, 5.74) is 2.35. The van der Waals surface area contributed by atoms with E-state index in [1.807, 2.05) is 65.8 Å². The number of aliphatic hydroxyl groups is 1. The molecule has 2 aromatic rings. The number of aliphatic hydroxyl groups excluding tert-OH is 1. The number of hydrogen-bond acceptors (Lipinski definition) is 3. The Balaban J connectivity index is 0. The maximum absolute atomic E-state index is 9.80. The Labute approximate surface area is 205 Å². The second-order valence-corrected chi connectivity index (χ2v) is 8.13. The summed E-state index contributed by atoms with van der Waals surface area (Å²) in [5, 5.41) is 9.80. The normalized spacial score (nSPS) is 11.1. The smallest absolute Gasteiger partial charge is 0.119 e. The zero-order valence-electron chi connectivity index (χ0n) is 23.4. The molecular formula is C30H52O3. The first-order chi connectivity index (χ1) is 15.8. The van der Waals surface area contributed by atoms with Crippen LogP contribution >= 0.6 is 0 Å². The van der Waals surface area contributed by atoms with Crippen molar-refractivity contribution < 1.29 is 14.6 Å². The van der Waals surface area contributed by atoms with Crippen LogP contribution in [0.5, 0.6) is 11.5 Å². The van der Waals surface area contributed by atoms with Gasteiger partial charge in [-0.3, -0.25) is 0 Å². The predicted octanol–water partition coefficient (Wildman–Crippen LogP) is 8.67. The largest absolute Gasteiger partial charge is 0.493 e. The minimum atomic E-state index is -0.400. The van der Waals surface area contributed by atoms with Crippen molar-refractivity contribution in [3.63, 3.8) is 0 Å². The van der Waals surface area contributed by atoms with Gasteiger partial charge >= 0.3 is 0 Å². The molecule has 0 heterocycles. The molecule has 0 fully saturated rings. The highest BCUT2D eigenvalue weighted by Crippen LogP contribution is 2.33. The van der Waals surface area contributed by atoms with E-state index < -0.39 is 6.10 Å². The third-order valence-corrected chi connectivity index (χ3v) is 4.80. The molecule has 0 amide bonds. The van der Waals surface area contributed by atoms with E-state index in [0.717, 1.165) is 30.9 Å². The third kappa shape index (κ3) is 12.7. The minimum Gasteiger partial charge on any atom is -0.493 e. The molecule has 3 heteroatoms. The number of benzene rings is 2. The molecule has 0 bridgehead atoms. The summed E-state index contributed by atoms with van der Waals surface area (Å²) in [6.45, 7) is 23.9. The third-order valence-electron chi connectivity index (χ3n) is 4.80. The van der Waals surface area contributed by atoms with Crippen LogP contribution in [0.1, 0.15) is 100 Å². The van der Waals surface area contributed by atoms with Crippen LogP contribution in [0, 0.1) is 5.92 Å². The number of hydrogen-bond donors (Lipinski definition) is 1. The Kier molecular flexibility index (Phi) is 19.6. The zero-order chi connectivity index (χ0) is 25.9. The van der Waals surface area contributed by atoms with Crippen molar-refractivity contribution in [2.75, 3.05) is 13.2 Å². The van der Waals surface area contributed by atoms with Gasteiger partial charge in [0.2, 0.25) is 0 Å². The molecule has 33 heavy (non-hydrogen) atoms. The SMILES string of the molecule is CC.CC.CC.CCCC(O)COc1ccc(C(C)(C)c2ccc(OCC(C)C)cc2)cc1. The molecule has 0 aliphatic rings. The van der Waals surface area contributed by atoms with Gasteiger partial charge in [-0.1, -0.05) is 107 Å². The van der Waals surface area contributed by atoms with E-state index in [0.29, 0.717) is 12.5 Å². The van der Waals surface area contributed by atoms with Gasteiger partial charge in [-0.15, -0.1) is 0 Å². The van der Waals surface area contributed by atoms with E-state index in [-0.39, 0.29) is 5.41 Å². The van der Waals surface area contributed by atoms with E-state index in [1.165, 1.54) is 11.1 Å². The van der Waals surface area contributed by atoms with E-state index in [2.05, 4.69) is 58.9 Å². The van der Waals surface area contributed by atoms with Crippen molar-refractivity contribution in [3.8, 4) is 11.5 Å². The Morgan fingerprint density at radius 3 is 1.39 bits per heavy atom. The maximum Gasteiger partial charge on any atom is 0.119 e. The standard InChI is InChI=1S/C24H34O3.3C2H6/c1-6-7-21(25)17-27-23-14-10-20(11-15-23)24(4,5)19-8-12-22(13-9-19)26-16-18(2)3;3*1-2/h8-15,18,21,25H,6-7,16-17H2,1-5H3;3*1-2H3. The Morgan fingerprint density at radius 2 is 1.06 bits per heavy atom. The second kappa shape index (κ2) is 19.5. The fourth-order valence-corrected chi connectivity index (χ4v) is 2.97. The summed E-state index contributed by atoms with van der Waals surface area (Å²) < 4.78 is 11.5. The summed E-state index contributed by atoms with van der Waals surface area (Å²) in [4.78, 5) is 0. The lowest BCUT2D eigenvalue weighted by Gasteiger charge is -2.26. The van der Waals surface area contributed by atoms with Gasteiger partial charge in [0.05, 0.1) is 12.7 Å². The molecule has 1 unspecified atom stereocenters. The Bertz CT molecular complexity index is 673. The molecule has 0 aliphatic heterocycles. The lowest BCUT2D eigenvalue weighted by Crippen LogP contribution is -2.19. The van der Waals surface area contributed by atoms with Gasteiger partial charge in [-0.2, -0.15) is 0 Å². The van der Waals surface area contributed by atoms with Crippen LogP contribution in [0.4, 0.5) is 0 Å². The van der Waals surface area contributed by atoms with Crippen LogP contribution in [0.2, 0.25) is 0 Å². The average molecular weight is 461 g/mol. The first-order valence-corrected chi connectivity index (χ1v) is 13.0. The van der Waals surface area contributed by atoms with Crippen LogP contribution in [0.15, 0.2) is 48.5 Å². The Morgan fingerprint density at radius 1 is 0.697 bits per heavy atom. The summed E-state index contributed by atoms with van der Waals surface area (Å²) in [5.74, 6) is 2.23. The lowest BCUT2D eigenvalue weighted by atomic mass is 9.78. The van der Waals surface area contributed by atoms with Crippen molar-refractivity contribution >= 4 is 0 Å². The van der Waals surface area contributed by atoms with Gasteiger partial charge in [-0.05, 0) is 47.7 Å². The average Bonchev–Trinajstić information content (AvgIpc) is 2.86. The Hall–Kier alpha value is -2.00. The molecule has 0 saturated heterocycles. The van der Waals surface area contributed by atoms with E-state index in [4.69, 9.17) is 9.47 Å². The topological polar surface area (TPSA) is 38.7 Å². The second-order valence-electron chi connectivity index (χ2n) is 8.13. The molecule has 0 aromatic heterocycles. The molecule has 1 atom stereocenters. The van der Waals surface area contributed by atoms with Gasteiger partial charge in [-0.25, -0.2) is 0 Å². The molecule has 3 nitrogen and oxygen atoms in total. The van der Waals surface area contributed by atoms with Crippen LogP contribution < -0.4 is 9.47 Å². The van der Waals surface area contributed by atoms with E-state index >= 15 is 0 Å². The van der Waals surface area contributed by atoms with Gasteiger partial charge in [0.25, 0.3) is 0 Å². The van der Waals surface area contributed by atoms with Gasteiger partial charge in [0.1, 0.15) is 18.1 Å². The van der Waals surface area contributed by atoms with Crippen molar-refractivity contribution in [1.29, 1.82) is 0 Å². The highest BCUT2D eigenvalue weighted by Gasteiger charge is 2.23. The molecule has 0 aliphatic carbocycles. The molecule has 0 spiro atoms. The highest BCUT2D eigenvalue weighted by atomic mass is 16.5. The summed E-state index contributed by atoms with van der Waals surface area (Å²) in [6.07, 6.45) is 1.32. The molecule has 2 rings (SSSR count). The maximum atomic E-state index is 9.80. The monoisotopic (exact) mass is 460 g/mol. The number of ether oxygens (including phenoxy) is 2. The van der Waals surface area contributed by atoms with E-state index in [9.17, 15) is 5.11 Å². The van der Waals surface area contributed by atoms with Crippen molar-refractivity contribution in [3.05, 3.63) is 59.7 Å². The molecule has 1 N–H and O–H groups in total. The summed E-state index contributed by atoms with van der Waals surface area (Å²) in [7, 11) is 0. The molecule has 190 valence electrons. The predicted molar refractivity (Wildman–Crippen MR) is 146 cm³/mol. The molecule has 0 saturated carbocycles. The minimum absolute atomic E-state index is 0.114. The summed E-state index contributed by atoms with van der Waals surface area (Å²) >= 11 is 0.